The highest BCUT2D eigenvalue weighted by Gasteiger charge is 2.28. The predicted octanol–water partition coefficient (Wildman–Crippen LogP) is 3.96. The van der Waals surface area contributed by atoms with E-state index in [4.69, 9.17) is 0 Å². The van der Waals surface area contributed by atoms with E-state index in [1.807, 2.05) is 32.0 Å². The van der Waals surface area contributed by atoms with Gasteiger partial charge in [0.25, 0.3) is 0 Å². The van der Waals surface area contributed by atoms with Crippen molar-refractivity contribution in [3.8, 4) is 0 Å². The number of rotatable bonds is 10. The lowest BCUT2D eigenvalue weighted by molar-refractivity contribution is -0.128. The summed E-state index contributed by atoms with van der Waals surface area (Å²) >= 11 is 0. The number of hydrogen-bond donors (Lipinski definition) is 0. The van der Waals surface area contributed by atoms with Gasteiger partial charge in [-0.15, -0.1) is 0 Å². The van der Waals surface area contributed by atoms with Crippen molar-refractivity contribution in [2.45, 2.75) is 65.3 Å². The van der Waals surface area contributed by atoms with Crippen LogP contribution in [0.4, 0.5) is 0 Å². The van der Waals surface area contributed by atoms with Crippen molar-refractivity contribution < 1.29 is 9.59 Å². The largest absolute Gasteiger partial charge is 0.378 e. The topological polar surface area (TPSA) is 43.9 Å². The molecule has 2 aliphatic rings. The van der Waals surface area contributed by atoms with Gasteiger partial charge in [-0.25, -0.2) is 0 Å². The molecule has 0 radical (unpaired) electrons. The predicted molar refractivity (Wildman–Crippen MR) is 124 cm³/mol. The Morgan fingerprint density at radius 1 is 1.07 bits per heavy atom. The molecule has 5 heteroatoms. The number of Topliss-reactive ketones (excluding diaryl/α,β-unsaturated/α-hetero) is 1. The summed E-state index contributed by atoms with van der Waals surface area (Å²) in [5.41, 5.74) is 0.746. The summed E-state index contributed by atoms with van der Waals surface area (Å²) in [5, 5.41) is 0. The molecule has 1 atom stereocenters. The van der Waals surface area contributed by atoms with Gasteiger partial charge in [0.1, 0.15) is 5.78 Å². The highest BCUT2D eigenvalue weighted by molar-refractivity contribution is 5.92. The molecule has 0 aromatic heterocycles. The smallest absolute Gasteiger partial charge is 0.249 e. The Morgan fingerprint density at radius 3 is 2.20 bits per heavy atom. The first-order valence-electron chi connectivity index (χ1n) is 11.8. The van der Waals surface area contributed by atoms with Crippen molar-refractivity contribution in [2.24, 2.45) is 17.8 Å². The van der Waals surface area contributed by atoms with Crippen molar-refractivity contribution in [3.05, 3.63) is 24.9 Å². The van der Waals surface area contributed by atoms with Crippen LogP contribution < -0.4 is 0 Å². The first-order valence-corrected chi connectivity index (χ1v) is 11.8. The summed E-state index contributed by atoms with van der Waals surface area (Å²) in [6.07, 6.45) is 7.98. The highest BCUT2D eigenvalue weighted by Crippen LogP contribution is 2.29. The van der Waals surface area contributed by atoms with Gasteiger partial charge in [0.05, 0.1) is 6.54 Å². The minimum Gasteiger partial charge on any atom is -0.378 e. The lowest BCUT2D eigenvalue weighted by Crippen LogP contribution is -2.44. The molecule has 30 heavy (non-hydrogen) atoms. The number of carbonyl (C=O) groups is 2. The fraction of sp³-hybridized carbons (Fsp3) is 0.760. The van der Waals surface area contributed by atoms with Gasteiger partial charge in [-0.3, -0.25) is 14.5 Å². The first kappa shape index (κ1) is 24.6. The Balaban J connectivity index is 1.70. The number of nitrogens with zero attached hydrogens (tertiary/aromatic N) is 3. The molecule has 2 aliphatic heterocycles. The number of hydrogen-bond acceptors (Lipinski definition) is 4. The van der Waals surface area contributed by atoms with Crippen molar-refractivity contribution >= 4 is 11.7 Å². The SMILES string of the molecule is C=CN1CCC(N(C)C(=O)C(=C)CCC(C)C2CCN(CC(=O)C(C)C)CC2)CC1. The zero-order chi connectivity index (χ0) is 22.3. The molecular formula is C25H43N3O2. The van der Waals surface area contributed by atoms with E-state index in [1.54, 1.807) is 0 Å². The number of likely N-dealkylation sites (N-methyl/N-ethyl adjacent to an activating group) is 1. The van der Waals surface area contributed by atoms with Crippen molar-refractivity contribution in [1.82, 2.24) is 14.7 Å². The summed E-state index contributed by atoms with van der Waals surface area (Å²) in [4.78, 5) is 31.2. The third-order valence-electron chi connectivity index (χ3n) is 7.29. The fourth-order valence-corrected chi connectivity index (χ4v) is 4.70. The van der Waals surface area contributed by atoms with Gasteiger partial charge >= 0.3 is 0 Å². The van der Waals surface area contributed by atoms with E-state index in [0.29, 0.717) is 30.2 Å². The molecule has 0 saturated carbocycles. The van der Waals surface area contributed by atoms with Crippen LogP contribution in [0.1, 0.15) is 59.3 Å². The van der Waals surface area contributed by atoms with E-state index in [1.165, 1.54) is 0 Å². The summed E-state index contributed by atoms with van der Waals surface area (Å²) in [5.74, 6) is 1.84. The van der Waals surface area contributed by atoms with Crippen LogP contribution in [0.15, 0.2) is 24.9 Å². The molecule has 0 spiro atoms. The van der Waals surface area contributed by atoms with Gasteiger partial charge < -0.3 is 9.80 Å². The van der Waals surface area contributed by atoms with Crippen LogP contribution in [0, 0.1) is 17.8 Å². The van der Waals surface area contributed by atoms with E-state index >= 15 is 0 Å². The average molecular weight is 418 g/mol. The van der Waals surface area contributed by atoms with Crippen molar-refractivity contribution in [3.63, 3.8) is 0 Å². The normalized spacial score (nSPS) is 20.2. The van der Waals surface area contributed by atoms with E-state index in [9.17, 15) is 9.59 Å². The van der Waals surface area contributed by atoms with Crippen LogP contribution in [-0.2, 0) is 9.59 Å². The lowest BCUT2D eigenvalue weighted by atomic mass is 9.82. The Hall–Kier alpha value is -1.62. The monoisotopic (exact) mass is 417 g/mol. The van der Waals surface area contributed by atoms with E-state index < -0.39 is 0 Å². The van der Waals surface area contributed by atoms with Gasteiger partial charge in [0.2, 0.25) is 5.91 Å². The molecule has 5 nitrogen and oxygen atoms in total. The molecule has 1 unspecified atom stereocenters. The second-order valence-electron chi connectivity index (χ2n) is 9.72. The summed E-state index contributed by atoms with van der Waals surface area (Å²) in [6.45, 7) is 18.8. The zero-order valence-corrected chi connectivity index (χ0v) is 19.7. The number of carbonyl (C=O) groups excluding carboxylic acids is 2. The molecule has 1 amide bonds. The maximum absolute atomic E-state index is 12.8. The molecule has 0 aliphatic carbocycles. The van der Waals surface area contributed by atoms with Gasteiger partial charge in [-0.2, -0.15) is 0 Å². The molecule has 2 fully saturated rings. The number of ketones is 1. The fourth-order valence-electron chi connectivity index (χ4n) is 4.70. The van der Waals surface area contributed by atoms with E-state index in [2.05, 4.69) is 29.9 Å². The molecule has 0 bridgehead atoms. The maximum Gasteiger partial charge on any atom is 0.249 e. The Kier molecular flexibility index (Phi) is 9.60. The molecule has 170 valence electrons. The van der Waals surface area contributed by atoms with Gasteiger partial charge in [0.15, 0.2) is 0 Å². The van der Waals surface area contributed by atoms with Crippen molar-refractivity contribution in [2.75, 3.05) is 39.8 Å². The van der Waals surface area contributed by atoms with Crippen LogP contribution in [0.25, 0.3) is 0 Å². The maximum atomic E-state index is 12.8. The molecule has 2 saturated heterocycles. The molecule has 0 aromatic carbocycles. The first-order chi connectivity index (χ1) is 14.2. The Labute approximate surface area is 184 Å². The van der Waals surface area contributed by atoms with Crippen LogP contribution in [-0.4, -0.2) is 72.2 Å². The average Bonchev–Trinajstić information content (AvgIpc) is 2.76. The molecule has 0 N–H and O–H groups in total. The Bertz CT molecular complexity index is 600. The number of likely N-dealkylation sites (tertiary alicyclic amines) is 2. The number of piperidine rings is 2. The Morgan fingerprint density at radius 2 is 1.67 bits per heavy atom. The van der Waals surface area contributed by atoms with E-state index in [0.717, 1.165) is 70.3 Å². The van der Waals surface area contributed by atoms with Gasteiger partial charge in [-0.05, 0) is 69.7 Å². The summed E-state index contributed by atoms with van der Waals surface area (Å²) in [6, 6.07) is 0.306. The molecule has 2 heterocycles. The second-order valence-corrected chi connectivity index (χ2v) is 9.72. The summed E-state index contributed by atoms with van der Waals surface area (Å²) in [7, 11) is 1.93. The van der Waals surface area contributed by atoms with Crippen LogP contribution >= 0.6 is 0 Å². The molecule has 2 rings (SSSR count). The van der Waals surface area contributed by atoms with Gasteiger partial charge in [0, 0.05) is 37.7 Å². The molecular weight excluding hydrogens is 374 g/mol. The second kappa shape index (κ2) is 11.7. The zero-order valence-electron chi connectivity index (χ0n) is 19.7. The minimum atomic E-state index is 0.112. The van der Waals surface area contributed by atoms with Crippen molar-refractivity contribution in [1.29, 1.82) is 0 Å². The minimum absolute atomic E-state index is 0.112. The van der Waals surface area contributed by atoms with Crippen LogP contribution in [0.2, 0.25) is 0 Å². The quantitative estimate of drug-likeness (QED) is 0.505. The van der Waals surface area contributed by atoms with Crippen LogP contribution in [0.3, 0.4) is 0 Å². The van der Waals surface area contributed by atoms with Crippen LogP contribution in [0.5, 0.6) is 0 Å². The number of amides is 1. The van der Waals surface area contributed by atoms with Gasteiger partial charge in [-0.1, -0.05) is 33.9 Å². The third-order valence-corrected chi connectivity index (χ3v) is 7.29. The third kappa shape index (κ3) is 6.97. The lowest BCUT2D eigenvalue weighted by Gasteiger charge is -2.37. The summed E-state index contributed by atoms with van der Waals surface area (Å²) < 4.78 is 0. The molecule has 0 aromatic rings. The highest BCUT2D eigenvalue weighted by atomic mass is 16.2. The van der Waals surface area contributed by atoms with E-state index in [-0.39, 0.29) is 11.8 Å². The standard InChI is InChI=1S/C25H43N3O2/c1-7-27-16-12-23(13-17-27)26(6)25(30)21(5)9-8-20(4)22-10-14-28(15-11-22)18-24(29)19(2)3/h7,19-20,22-23H,1,5,8-18H2,2-4,6H3.